The molecule has 3 rings (SSSR count). The Hall–Kier alpha value is -2.47. The van der Waals surface area contributed by atoms with Crippen LogP contribution in [0.4, 0.5) is 0 Å². The number of carbonyl (C=O) groups excluding carboxylic acids is 1. The number of hydrogen-bond donors (Lipinski definition) is 2. The summed E-state index contributed by atoms with van der Waals surface area (Å²) in [5, 5.41) is 8.53. The smallest absolute Gasteiger partial charge is 0.267 e. The zero-order valence-corrected chi connectivity index (χ0v) is 16.6. The number of piperazine rings is 1. The lowest BCUT2D eigenvalue weighted by atomic mass is 10.0. The number of nitrogens with one attached hydrogen (secondary N) is 1. The molecule has 2 aromatic rings. The van der Waals surface area contributed by atoms with Crippen molar-refractivity contribution in [2.75, 3.05) is 13.1 Å². The lowest BCUT2D eigenvalue weighted by Gasteiger charge is -2.44. The summed E-state index contributed by atoms with van der Waals surface area (Å²) < 4.78 is 0. The van der Waals surface area contributed by atoms with Crippen LogP contribution in [0.5, 0.6) is 0 Å². The summed E-state index contributed by atoms with van der Waals surface area (Å²) in [7, 11) is 0. The first kappa shape index (κ1) is 20.3. The van der Waals surface area contributed by atoms with E-state index < -0.39 is 5.91 Å². The second-order valence-electron chi connectivity index (χ2n) is 7.60. The van der Waals surface area contributed by atoms with Crippen LogP contribution in [0.25, 0.3) is 6.08 Å². The molecule has 0 saturated carbocycles. The summed E-state index contributed by atoms with van der Waals surface area (Å²) in [5.74, 6) is -0.528. The average Bonchev–Trinajstić information content (AvgIpc) is 2.70. The summed E-state index contributed by atoms with van der Waals surface area (Å²) >= 11 is 0. The number of nitrogens with zero attached hydrogens (tertiary/aromatic N) is 2. The highest BCUT2D eigenvalue weighted by molar-refractivity contribution is 5.90. The van der Waals surface area contributed by atoms with E-state index in [-0.39, 0.29) is 0 Å². The van der Waals surface area contributed by atoms with Crippen LogP contribution in [0.3, 0.4) is 0 Å². The lowest BCUT2D eigenvalue weighted by molar-refractivity contribution is -0.124. The first-order valence-corrected chi connectivity index (χ1v) is 9.78. The molecule has 0 unspecified atom stereocenters. The Labute approximate surface area is 167 Å². The fourth-order valence-electron chi connectivity index (χ4n) is 3.90. The molecule has 2 atom stereocenters. The van der Waals surface area contributed by atoms with Gasteiger partial charge in [0.05, 0.1) is 0 Å². The number of hydroxylamine groups is 1. The quantitative estimate of drug-likeness (QED) is 0.459. The predicted octanol–water partition coefficient (Wildman–Crippen LogP) is 3.30. The van der Waals surface area contributed by atoms with Gasteiger partial charge in [-0.25, -0.2) is 5.48 Å². The van der Waals surface area contributed by atoms with Crippen molar-refractivity contribution in [2.45, 2.75) is 39.0 Å². The fraction of sp³-hybridized carbons (Fsp3) is 0.348. The second kappa shape index (κ2) is 9.64. The Morgan fingerprint density at radius 1 is 1.00 bits per heavy atom. The number of rotatable bonds is 6. The van der Waals surface area contributed by atoms with E-state index in [2.05, 4.69) is 66.1 Å². The minimum Gasteiger partial charge on any atom is -0.296 e. The van der Waals surface area contributed by atoms with Crippen LogP contribution in [0.2, 0.25) is 0 Å². The van der Waals surface area contributed by atoms with Gasteiger partial charge in [-0.05, 0) is 36.6 Å². The van der Waals surface area contributed by atoms with Crippen molar-refractivity contribution in [3.05, 3.63) is 77.4 Å². The molecule has 1 amide bonds. The molecule has 5 nitrogen and oxygen atoms in total. The maximum atomic E-state index is 11.1. The van der Waals surface area contributed by atoms with E-state index >= 15 is 0 Å². The first-order chi connectivity index (χ1) is 13.5. The summed E-state index contributed by atoms with van der Waals surface area (Å²) in [6.07, 6.45) is 2.99. The molecule has 0 aliphatic carbocycles. The normalized spacial score (nSPS) is 21.1. The summed E-state index contributed by atoms with van der Waals surface area (Å²) in [4.78, 5) is 16.2. The highest BCUT2D eigenvalue weighted by atomic mass is 16.5. The molecule has 1 heterocycles. The Balaban J connectivity index is 1.57. The third-order valence-electron chi connectivity index (χ3n) is 5.31. The zero-order chi connectivity index (χ0) is 19.9. The van der Waals surface area contributed by atoms with Gasteiger partial charge in [-0.3, -0.25) is 19.8 Å². The molecular weight excluding hydrogens is 350 g/mol. The van der Waals surface area contributed by atoms with Crippen molar-refractivity contribution in [1.82, 2.24) is 15.3 Å². The van der Waals surface area contributed by atoms with Gasteiger partial charge in [0, 0.05) is 44.3 Å². The molecule has 1 fully saturated rings. The molecule has 1 saturated heterocycles. The second-order valence-corrected chi connectivity index (χ2v) is 7.60. The first-order valence-electron chi connectivity index (χ1n) is 9.78. The van der Waals surface area contributed by atoms with Crippen molar-refractivity contribution in [1.29, 1.82) is 0 Å². The third-order valence-corrected chi connectivity index (χ3v) is 5.31. The lowest BCUT2D eigenvalue weighted by Crippen LogP contribution is -2.55. The van der Waals surface area contributed by atoms with Gasteiger partial charge in [0.15, 0.2) is 0 Å². The topological polar surface area (TPSA) is 55.8 Å². The fourth-order valence-corrected chi connectivity index (χ4v) is 3.90. The zero-order valence-electron chi connectivity index (χ0n) is 16.6. The highest BCUT2D eigenvalue weighted by Gasteiger charge is 2.29. The van der Waals surface area contributed by atoms with Gasteiger partial charge in [0.2, 0.25) is 0 Å². The van der Waals surface area contributed by atoms with Crippen LogP contribution in [0.15, 0.2) is 60.7 Å². The van der Waals surface area contributed by atoms with E-state index in [0.29, 0.717) is 12.1 Å². The summed E-state index contributed by atoms with van der Waals surface area (Å²) in [5.41, 5.74) is 5.16. The van der Waals surface area contributed by atoms with Gasteiger partial charge in [0.1, 0.15) is 0 Å². The molecule has 1 aliphatic heterocycles. The summed E-state index contributed by atoms with van der Waals surface area (Å²) in [6.45, 7) is 8.66. The van der Waals surface area contributed by atoms with Gasteiger partial charge in [-0.2, -0.15) is 0 Å². The van der Waals surface area contributed by atoms with Crippen LogP contribution < -0.4 is 5.48 Å². The van der Waals surface area contributed by atoms with E-state index in [1.54, 1.807) is 11.6 Å². The number of amides is 1. The molecule has 2 aromatic carbocycles. The van der Waals surface area contributed by atoms with Gasteiger partial charge >= 0.3 is 0 Å². The van der Waals surface area contributed by atoms with E-state index in [0.717, 1.165) is 31.7 Å². The molecule has 0 spiro atoms. The SMILES string of the molecule is C[C@@H]1CN(Cc2ccccc2)C[C@H](C)N1Cc1ccc(/C=C/C(=O)NO)cc1. The number of carbonyl (C=O) groups is 1. The predicted molar refractivity (Wildman–Crippen MR) is 112 cm³/mol. The van der Waals surface area contributed by atoms with Crippen molar-refractivity contribution < 1.29 is 10.0 Å². The van der Waals surface area contributed by atoms with Crippen molar-refractivity contribution >= 4 is 12.0 Å². The Bertz CT molecular complexity index is 777. The molecule has 0 aromatic heterocycles. The van der Waals surface area contributed by atoms with Crippen LogP contribution in [0, 0.1) is 0 Å². The van der Waals surface area contributed by atoms with Crippen LogP contribution in [-0.2, 0) is 17.9 Å². The minimum atomic E-state index is -0.528. The Morgan fingerprint density at radius 3 is 2.21 bits per heavy atom. The molecule has 0 bridgehead atoms. The van der Waals surface area contributed by atoms with Crippen molar-refractivity contribution in [2.24, 2.45) is 0 Å². The van der Waals surface area contributed by atoms with E-state index in [1.807, 2.05) is 12.1 Å². The van der Waals surface area contributed by atoms with E-state index in [4.69, 9.17) is 5.21 Å². The molecular formula is C23H29N3O2. The Morgan fingerprint density at radius 2 is 1.61 bits per heavy atom. The van der Waals surface area contributed by atoms with Gasteiger partial charge in [-0.1, -0.05) is 54.6 Å². The highest BCUT2D eigenvalue weighted by Crippen LogP contribution is 2.21. The molecule has 0 radical (unpaired) electrons. The van der Waals surface area contributed by atoms with E-state index in [1.165, 1.54) is 17.2 Å². The largest absolute Gasteiger partial charge is 0.296 e. The van der Waals surface area contributed by atoms with Gasteiger partial charge in [0.25, 0.3) is 5.91 Å². The van der Waals surface area contributed by atoms with Crippen LogP contribution in [-0.4, -0.2) is 46.1 Å². The monoisotopic (exact) mass is 379 g/mol. The van der Waals surface area contributed by atoms with Crippen LogP contribution >= 0.6 is 0 Å². The average molecular weight is 380 g/mol. The number of hydrogen-bond acceptors (Lipinski definition) is 4. The molecule has 148 valence electrons. The van der Waals surface area contributed by atoms with Gasteiger partial charge in [-0.15, -0.1) is 0 Å². The maximum Gasteiger partial charge on any atom is 0.267 e. The standard InChI is InChI=1S/C23H29N3O2/c1-18-14-25(16-21-6-4-3-5-7-21)15-19(2)26(18)17-22-10-8-20(9-11-22)12-13-23(27)24-28/h3-13,18-19,28H,14-17H2,1-2H3,(H,24,27)/b13-12+/t18-,19+. The van der Waals surface area contributed by atoms with Gasteiger partial charge < -0.3 is 0 Å². The van der Waals surface area contributed by atoms with Crippen molar-refractivity contribution in [3.63, 3.8) is 0 Å². The molecule has 5 heteroatoms. The minimum absolute atomic E-state index is 0.486. The third kappa shape index (κ3) is 5.52. The molecule has 28 heavy (non-hydrogen) atoms. The number of benzene rings is 2. The van der Waals surface area contributed by atoms with Crippen LogP contribution in [0.1, 0.15) is 30.5 Å². The molecule has 1 aliphatic rings. The van der Waals surface area contributed by atoms with Crippen molar-refractivity contribution in [3.8, 4) is 0 Å². The molecule has 2 N–H and O–H groups in total. The summed E-state index contributed by atoms with van der Waals surface area (Å²) in [6, 6.07) is 19.8. The van der Waals surface area contributed by atoms with E-state index in [9.17, 15) is 4.79 Å². The maximum absolute atomic E-state index is 11.1. The Kier molecular flexibility index (Phi) is 6.98.